The molecule has 0 atom stereocenters. The van der Waals surface area contributed by atoms with Gasteiger partial charge in [-0.05, 0) is 102 Å². The van der Waals surface area contributed by atoms with E-state index in [2.05, 4.69) is 170 Å². The van der Waals surface area contributed by atoms with E-state index in [1.807, 2.05) is 72.9 Å². The van der Waals surface area contributed by atoms with E-state index < -0.39 is 0 Å². The fraction of sp³-hybridized carbons (Fsp3) is 0. The first-order valence-corrected chi connectivity index (χ1v) is 23.1. The van der Waals surface area contributed by atoms with Crippen molar-refractivity contribution in [3.8, 4) is 62.4 Å². The minimum absolute atomic E-state index is 0.629. The van der Waals surface area contributed by atoms with Gasteiger partial charge in [-0.25, -0.2) is 24.9 Å². The average molecular weight is 883 g/mol. The normalized spacial score (nSPS) is 11.8. The maximum Gasteiger partial charge on any atom is 0.164 e. The molecule has 0 amide bonds. The molecule has 0 saturated heterocycles. The van der Waals surface area contributed by atoms with Crippen LogP contribution in [0.5, 0.6) is 0 Å². The van der Waals surface area contributed by atoms with E-state index in [0.29, 0.717) is 17.5 Å². The fourth-order valence-corrected chi connectivity index (χ4v) is 10.3. The molecule has 69 heavy (non-hydrogen) atoms. The number of benzene rings is 9. The van der Waals surface area contributed by atoms with E-state index in [1.54, 1.807) is 6.33 Å². The summed E-state index contributed by atoms with van der Waals surface area (Å²) < 4.78 is 6.99. The zero-order chi connectivity index (χ0) is 45.4. The Balaban J connectivity index is 0.858. The standard InChI is InChI=1S/C61H38N8/c1-4-14-39(15-5-1)59-64-60(40-16-6-2-7-17-40)66-61(65-59)41-24-28-45(29-25-41)67-52-22-12-10-20-47(52)49-34-42(26-31-54(49)67)43-27-32-55-50(35-43)48-21-11-13-23-53(48)69(55)46-30-33-56-51(36-46)58-57(37-62-38-63-58)68(56)44-18-8-3-9-19-44/h1-38H. The Bertz CT molecular complexity index is 4230. The second-order valence-corrected chi connectivity index (χ2v) is 17.4. The van der Waals surface area contributed by atoms with Crippen molar-refractivity contribution in [3.05, 3.63) is 231 Å². The second kappa shape index (κ2) is 15.5. The van der Waals surface area contributed by atoms with Gasteiger partial charge in [0.15, 0.2) is 17.5 Å². The number of fused-ring (bicyclic) bond motifs is 9. The maximum absolute atomic E-state index is 4.98. The number of hydrogen-bond acceptors (Lipinski definition) is 5. The predicted octanol–water partition coefficient (Wildman–Crippen LogP) is 14.6. The van der Waals surface area contributed by atoms with Crippen LogP contribution >= 0.6 is 0 Å². The molecule has 14 aromatic rings. The first-order chi connectivity index (χ1) is 34.2. The molecule has 0 aliphatic rings. The maximum atomic E-state index is 4.98. The summed E-state index contributed by atoms with van der Waals surface area (Å²) in [5, 5.41) is 5.87. The molecule has 5 heterocycles. The second-order valence-electron chi connectivity index (χ2n) is 17.4. The molecular formula is C61H38N8. The van der Waals surface area contributed by atoms with Crippen LogP contribution in [0.1, 0.15) is 0 Å². The molecule has 0 radical (unpaired) electrons. The van der Waals surface area contributed by atoms with Crippen molar-refractivity contribution in [1.82, 2.24) is 38.6 Å². The van der Waals surface area contributed by atoms with Crippen LogP contribution in [-0.4, -0.2) is 38.6 Å². The van der Waals surface area contributed by atoms with E-state index in [-0.39, 0.29) is 0 Å². The minimum atomic E-state index is 0.629. The summed E-state index contributed by atoms with van der Waals surface area (Å²) in [6.07, 6.45) is 3.55. The van der Waals surface area contributed by atoms with Gasteiger partial charge in [-0.3, -0.25) is 0 Å². The summed E-state index contributed by atoms with van der Waals surface area (Å²) in [4.78, 5) is 24.1. The quantitative estimate of drug-likeness (QED) is 0.159. The van der Waals surface area contributed by atoms with E-state index in [9.17, 15) is 0 Å². The van der Waals surface area contributed by atoms with Gasteiger partial charge in [-0.2, -0.15) is 0 Å². The van der Waals surface area contributed by atoms with Crippen LogP contribution in [-0.2, 0) is 0 Å². The molecule has 322 valence electrons. The minimum Gasteiger partial charge on any atom is -0.309 e. The summed E-state index contributed by atoms with van der Waals surface area (Å²) in [5.74, 6) is 1.91. The summed E-state index contributed by atoms with van der Waals surface area (Å²) in [6, 6.07) is 77.0. The molecule has 0 unspecified atom stereocenters. The van der Waals surface area contributed by atoms with Crippen LogP contribution in [0.3, 0.4) is 0 Å². The largest absolute Gasteiger partial charge is 0.309 e. The Kier molecular flexibility index (Phi) is 8.72. The van der Waals surface area contributed by atoms with Gasteiger partial charge in [0.1, 0.15) is 6.33 Å². The fourth-order valence-electron chi connectivity index (χ4n) is 10.3. The van der Waals surface area contributed by atoms with E-state index in [4.69, 9.17) is 19.9 Å². The number of hydrogen-bond donors (Lipinski definition) is 0. The Morgan fingerprint density at radius 1 is 0.275 bits per heavy atom. The summed E-state index contributed by atoms with van der Waals surface area (Å²) >= 11 is 0. The Morgan fingerprint density at radius 3 is 1.26 bits per heavy atom. The number of rotatable bonds is 7. The molecule has 8 nitrogen and oxygen atoms in total. The van der Waals surface area contributed by atoms with Crippen LogP contribution in [0.2, 0.25) is 0 Å². The Morgan fingerprint density at radius 2 is 0.681 bits per heavy atom. The number of nitrogens with zero attached hydrogens (tertiary/aromatic N) is 8. The molecular weight excluding hydrogens is 845 g/mol. The SMILES string of the molecule is c1ccc(-c2nc(-c3ccccc3)nc(-c3ccc(-n4c5ccccc5c5cc(-c6ccc7c(c6)c6ccccc6n7-c6ccc7c(c6)c6ncncc6n7-c6ccccc6)ccc54)cc3)n2)cc1. The molecule has 14 rings (SSSR count). The molecule has 0 aliphatic carbocycles. The van der Waals surface area contributed by atoms with Crippen molar-refractivity contribution < 1.29 is 0 Å². The van der Waals surface area contributed by atoms with Crippen molar-refractivity contribution in [3.63, 3.8) is 0 Å². The van der Waals surface area contributed by atoms with Crippen molar-refractivity contribution >= 4 is 65.5 Å². The first-order valence-electron chi connectivity index (χ1n) is 23.1. The van der Waals surface area contributed by atoms with Gasteiger partial charge in [-0.1, -0.05) is 127 Å². The molecule has 5 aromatic heterocycles. The van der Waals surface area contributed by atoms with Crippen molar-refractivity contribution in [2.75, 3.05) is 0 Å². The van der Waals surface area contributed by atoms with E-state index in [1.165, 1.54) is 21.5 Å². The predicted molar refractivity (Wildman–Crippen MR) is 280 cm³/mol. The molecule has 0 aliphatic heterocycles. The number of aromatic nitrogens is 8. The molecule has 9 aromatic carbocycles. The van der Waals surface area contributed by atoms with Crippen molar-refractivity contribution in [1.29, 1.82) is 0 Å². The molecule has 0 fully saturated rings. The van der Waals surface area contributed by atoms with Crippen LogP contribution < -0.4 is 0 Å². The van der Waals surface area contributed by atoms with Gasteiger partial charge in [0.25, 0.3) is 0 Å². The van der Waals surface area contributed by atoms with Crippen LogP contribution in [0.25, 0.3) is 128 Å². The van der Waals surface area contributed by atoms with Crippen molar-refractivity contribution in [2.24, 2.45) is 0 Å². The monoisotopic (exact) mass is 882 g/mol. The van der Waals surface area contributed by atoms with Gasteiger partial charge in [0.2, 0.25) is 0 Å². The van der Waals surface area contributed by atoms with E-state index in [0.717, 1.165) is 88.9 Å². The lowest BCUT2D eigenvalue weighted by atomic mass is 10.0. The zero-order valence-electron chi connectivity index (χ0n) is 37.0. The van der Waals surface area contributed by atoms with Gasteiger partial charge < -0.3 is 13.7 Å². The van der Waals surface area contributed by atoms with Gasteiger partial charge in [0, 0.05) is 60.7 Å². The Labute approximate surface area is 395 Å². The summed E-state index contributed by atoms with van der Waals surface area (Å²) in [5.41, 5.74) is 15.9. The van der Waals surface area contributed by atoms with Gasteiger partial charge in [0.05, 0.1) is 44.8 Å². The molecule has 8 heteroatoms. The number of para-hydroxylation sites is 3. The highest BCUT2D eigenvalue weighted by Gasteiger charge is 2.20. The third-order valence-corrected chi connectivity index (χ3v) is 13.4. The molecule has 0 bridgehead atoms. The lowest BCUT2D eigenvalue weighted by molar-refractivity contribution is 1.07. The zero-order valence-corrected chi connectivity index (χ0v) is 37.0. The third-order valence-electron chi connectivity index (χ3n) is 13.4. The third kappa shape index (κ3) is 6.27. The van der Waals surface area contributed by atoms with Gasteiger partial charge >= 0.3 is 0 Å². The molecule has 0 N–H and O–H groups in total. The summed E-state index contributed by atoms with van der Waals surface area (Å²) in [6.45, 7) is 0. The van der Waals surface area contributed by atoms with Crippen LogP contribution in [0, 0.1) is 0 Å². The summed E-state index contributed by atoms with van der Waals surface area (Å²) in [7, 11) is 0. The first kappa shape index (κ1) is 38.7. The molecule has 0 spiro atoms. The van der Waals surface area contributed by atoms with Gasteiger partial charge in [-0.15, -0.1) is 0 Å². The lowest BCUT2D eigenvalue weighted by Crippen LogP contribution is -2.00. The average Bonchev–Trinajstić information content (AvgIpc) is 4.06. The molecule has 0 saturated carbocycles. The Hall–Kier alpha value is -9.53. The highest BCUT2D eigenvalue weighted by molar-refractivity contribution is 6.13. The van der Waals surface area contributed by atoms with Crippen LogP contribution in [0.4, 0.5) is 0 Å². The highest BCUT2D eigenvalue weighted by Crippen LogP contribution is 2.40. The lowest BCUT2D eigenvalue weighted by Gasteiger charge is -2.11. The highest BCUT2D eigenvalue weighted by atomic mass is 15.0. The van der Waals surface area contributed by atoms with E-state index >= 15 is 0 Å². The van der Waals surface area contributed by atoms with Crippen LogP contribution in [0.15, 0.2) is 231 Å². The van der Waals surface area contributed by atoms with Crippen molar-refractivity contribution in [2.45, 2.75) is 0 Å². The topological polar surface area (TPSA) is 79.2 Å². The smallest absolute Gasteiger partial charge is 0.164 e.